The molecule has 0 radical (unpaired) electrons. The van der Waals surface area contributed by atoms with Crippen LogP contribution in [0.1, 0.15) is 25.7 Å². The fraction of sp³-hybridized carbons (Fsp3) is 0.800. The van der Waals surface area contributed by atoms with Gasteiger partial charge in [-0.15, -0.1) is 0 Å². The molecule has 18 heavy (non-hydrogen) atoms. The van der Waals surface area contributed by atoms with Crippen molar-refractivity contribution in [2.45, 2.75) is 25.7 Å². The molecule has 2 aliphatic heterocycles. The van der Waals surface area contributed by atoms with Crippen LogP contribution in [-0.2, 0) is 0 Å². The van der Waals surface area contributed by atoms with Crippen LogP contribution in [0.5, 0.6) is 0 Å². The van der Waals surface area contributed by atoms with Gasteiger partial charge in [0.15, 0.2) is 0 Å². The van der Waals surface area contributed by atoms with E-state index in [1.165, 1.54) is 49.6 Å². The van der Waals surface area contributed by atoms with E-state index >= 15 is 0 Å². The van der Waals surface area contributed by atoms with Crippen LogP contribution in [0.25, 0.3) is 0 Å². The SMILES string of the molecule is O=C(SSC(=O)SN1CCCC1)SN1CCCC1. The summed E-state index contributed by atoms with van der Waals surface area (Å²) in [5.41, 5.74) is 0. The average molecular weight is 325 g/mol. The van der Waals surface area contributed by atoms with Crippen LogP contribution in [-0.4, -0.2) is 43.7 Å². The smallest absolute Gasteiger partial charge is 0.272 e. The molecule has 0 N–H and O–H groups in total. The van der Waals surface area contributed by atoms with E-state index in [4.69, 9.17) is 0 Å². The molecule has 0 atom stereocenters. The molecule has 0 amide bonds. The standard InChI is InChI=1S/C10H16N2O2S4/c13-9(15-11-5-1-2-6-11)17-18-10(14)16-12-7-3-4-8-12/h1-8H2. The van der Waals surface area contributed by atoms with Crippen molar-refractivity contribution in [2.24, 2.45) is 0 Å². The molecule has 102 valence electrons. The van der Waals surface area contributed by atoms with E-state index < -0.39 is 0 Å². The van der Waals surface area contributed by atoms with Crippen LogP contribution in [0.4, 0.5) is 9.59 Å². The van der Waals surface area contributed by atoms with Gasteiger partial charge >= 0.3 is 0 Å². The Morgan fingerprint density at radius 2 is 1.00 bits per heavy atom. The number of rotatable bonds is 2. The van der Waals surface area contributed by atoms with Gasteiger partial charge in [0, 0.05) is 71.7 Å². The molecule has 2 heterocycles. The highest BCUT2D eigenvalue weighted by Crippen LogP contribution is 2.37. The second kappa shape index (κ2) is 8.06. The maximum absolute atomic E-state index is 11.6. The van der Waals surface area contributed by atoms with Crippen LogP contribution in [0.3, 0.4) is 0 Å². The summed E-state index contributed by atoms with van der Waals surface area (Å²) in [5.74, 6) is 0. The van der Waals surface area contributed by atoms with Crippen LogP contribution < -0.4 is 0 Å². The molecule has 0 aliphatic carbocycles. The summed E-state index contributed by atoms with van der Waals surface area (Å²) < 4.78 is 4.18. The molecule has 0 spiro atoms. The predicted octanol–water partition coefficient (Wildman–Crippen LogP) is 4.10. The summed E-state index contributed by atoms with van der Waals surface area (Å²) >= 11 is 2.51. The molecule has 0 bridgehead atoms. The monoisotopic (exact) mass is 324 g/mol. The van der Waals surface area contributed by atoms with Crippen molar-refractivity contribution in [3.8, 4) is 0 Å². The van der Waals surface area contributed by atoms with Gasteiger partial charge in [-0.1, -0.05) is 0 Å². The lowest BCUT2D eigenvalue weighted by atomic mass is 10.4. The van der Waals surface area contributed by atoms with Gasteiger partial charge in [-0.05, 0) is 25.7 Å². The van der Waals surface area contributed by atoms with Crippen molar-refractivity contribution >= 4 is 54.4 Å². The zero-order valence-corrected chi connectivity index (χ0v) is 13.3. The largest absolute Gasteiger partial charge is 0.272 e. The topological polar surface area (TPSA) is 40.6 Å². The summed E-state index contributed by atoms with van der Waals surface area (Å²) in [4.78, 5) is 23.3. The Kier molecular flexibility index (Phi) is 6.74. The number of hydrogen-bond acceptors (Lipinski definition) is 8. The highest BCUT2D eigenvalue weighted by molar-refractivity contribution is 8.93. The van der Waals surface area contributed by atoms with E-state index in [9.17, 15) is 9.59 Å². The fourth-order valence-corrected chi connectivity index (χ4v) is 5.75. The van der Waals surface area contributed by atoms with Crippen molar-refractivity contribution in [1.82, 2.24) is 8.61 Å². The number of nitrogens with zero attached hydrogens (tertiary/aromatic N) is 2. The Morgan fingerprint density at radius 1 is 0.667 bits per heavy atom. The lowest BCUT2D eigenvalue weighted by molar-refractivity contribution is 0.275. The molecular weight excluding hydrogens is 308 g/mol. The third-order valence-electron chi connectivity index (χ3n) is 2.72. The minimum atomic E-state index is 0.0114. The molecule has 2 rings (SSSR count). The van der Waals surface area contributed by atoms with Crippen molar-refractivity contribution in [3.63, 3.8) is 0 Å². The summed E-state index contributed by atoms with van der Waals surface area (Å²) in [6.07, 6.45) is 4.67. The van der Waals surface area contributed by atoms with E-state index in [2.05, 4.69) is 8.61 Å². The Morgan fingerprint density at radius 3 is 1.33 bits per heavy atom. The first kappa shape index (κ1) is 15.1. The number of carbonyl (C=O) groups is 2. The second-order valence-electron chi connectivity index (χ2n) is 4.12. The zero-order chi connectivity index (χ0) is 12.8. The van der Waals surface area contributed by atoms with Crippen molar-refractivity contribution < 1.29 is 9.59 Å². The van der Waals surface area contributed by atoms with Crippen molar-refractivity contribution in [2.75, 3.05) is 26.2 Å². The van der Waals surface area contributed by atoms with Gasteiger partial charge in [-0.2, -0.15) is 0 Å². The number of hydrogen-bond donors (Lipinski definition) is 0. The molecule has 0 unspecified atom stereocenters. The molecule has 2 aliphatic rings. The first-order chi connectivity index (χ1) is 8.74. The predicted molar refractivity (Wildman–Crippen MR) is 82.8 cm³/mol. The quantitative estimate of drug-likeness (QED) is 0.555. The van der Waals surface area contributed by atoms with E-state index in [0.717, 1.165) is 47.8 Å². The van der Waals surface area contributed by atoms with Gasteiger partial charge in [0.25, 0.3) is 8.89 Å². The first-order valence-corrected chi connectivity index (χ1v) is 9.72. The maximum atomic E-state index is 11.6. The Labute approximate surface area is 124 Å². The summed E-state index contributed by atoms with van der Waals surface area (Å²) in [6, 6.07) is 0. The zero-order valence-electron chi connectivity index (χ0n) is 10.0. The van der Waals surface area contributed by atoms with Crippen molar-refractivity contribution in [1.29, 1.82) is 0 Å². The molecule has 4 nitrogen and oxygen atoms in total. The van der Waals surface area contributed by atoms with E-state index in [1.807, 2.05) is 0 Å². The minimum Gasteiger partial charge on any atom is -0.272 e. The number of carbonyl (C=O) groups excluding carboxylic acids is 2. The fourth-order valence-electron chi connectivity index (χ4n) is 1.87. The van der Waals surface area contributed by atoms with Gasteiger partial charge < -0.3 is 0 Å². The molecule has 0 saturated carbocycles. The Balaban J connectivity index is 1.57. The van der Waals surface area contributed by atoms with Crippen LogP contribution in [0.2, 0.25) is 0 Å². The summed E-state index contributed by atoms with van der Waals surface area (Å²) in [5, 5.41) is 0. The third kappa shape index (κ3) is 5.34. The average Bonchev–Trinajstić information content (AvgIpc) is 2.99. The van der Waals surface area contributed by atoms with Gasteiger partial charge in [-0.3, -0.25) is 9.59 Å². The second-order valence-corrected chi connectivity index (χ2v) is 8.85. The maximum Gasteiger partial charge on any atom is 0.272 e. The molecule has 0 aromatic rings. The van der Waals surface area contributed by atoms with Gasteiger partial charge in [-0.25, -0.2) is 8.61 Å². The Bertz CT molecular complexity index is 274. The summed E-state index contributed by atoms with van der Waals surface area (Å²) in [7, 11) is 2.11. The van der Waals surface area contributed by atoms with Crippen LogP contribution >= 0.6 is 45.5 Å². The molecular formula is C10H16N2O2S4. The van der Waals surface area contributed by atoms with Gasteiger partial charge in [0.05, 0.1) is 0 Å². The highest BCUT2D eigenvalue weighted by atomic mass is 33.1. The van der Waals surface area contributed by atoms with Crippen molar-refractivity contribution in [3.05, 3.63) is 0 Å². The third-order valence-corrected chi connectivity index (χ3v) is 7.35. The molecule has 0 aromatic carbocycles. The Hall–Kier alpha value is 0.660. The minimum absolute atomic E-state index is 0.0114. The highest BCUT2D eigenvalue weighted by Gasteiger charge is 2.20. The summed E-state index contributed by atoms with van der Waals surface area (Å²) in [6.45, 7) is 3.94. The molecule has 0 aromatic heterocycles. The molecule has 2 saturated heterocycles. The first-order valence-electron chi connectivity index (χ1n) is 6.02. The molecule has 8 heteroatoms. The van der Waals surface area contributed by atoms with E-state index in [-0.39, 0.29) is 8.89 Å². The van der Waals surface area contributed by atoms with Gasteiger partial charge in [0.1, 0.15) is 0 Å². The van der Waals surface area contributed by atoms with E-state index in [1.54, 1.807) is 0 Å². The molecule has 2 fully saturated rings. The van der Waals surface area contributed by atoms with E-state index in [0.29, 0.717) is 0 Å². The van der Waals surface area contributed by atoms with Crippen LogP contribution in [0, 0.1) is 0 Å². The lowest BCUT2D eigenvalue weighted by Gasteiger charge is -2.12. The van der Waals surface area contributed by atoms with Crippen LogP contribution in [0.15, 0.2) is 0 Å². The normalized spacial score (nSPS) is 21.6. The van der Waals surface area contributed by atoms with Gasteiger partial charge in [0.2, 0.25) is 0 Å². The lowest BCUT2D eigenvalue weighted by Crippen LogP contribution is -2.11.